The summed E-state index contributed by atoms with van der Waals surface area (Å²) in [4.78, 5) is 28.9. The third-order valence-corrected chi connectivity index (χ3v) is 4.25. The Bertz CT molecular complexity index is 505. The number of piperidine rings is 1. The van der Waals surface area contributed by atoms with Crippen LogP contribution in [0.4, 0.5) is 5.69 Å². The van der Waals surface area contributed by atoms with Gasteiger partial charge in [-0.1, -0.05) is 0 Å². The van der Waals surface area contributed by atoms with Crippen molar-refractivity contribution < 1.29 is 9.59 Å². The van der Waals surface area contributed by atoms with Crippen molar-refractivity contribution in [3.8, 4) is 0 Å². The summed E-state index contributed by atoms with van der Waals surface area (Å²) in [5.74, 6) is 1.08. The Morgan fingerprint density at radius 1 is 1.24 bits per heavy atom. The SMILES string of the molecule is CC(=O)CCCC1CCN(c2cncc(C(C)=O)c2)CC1. The van der Waals surface area contributed by atoms with Crippen LogP contribution in [0.1, 0.15) is 56.3 Å². The molecule has 21 heavy (non-hydrogen) atoms. The Kier molecular flexibility index (Phi) is 5.48. The van der Waals surface area contributed by atoms with Crippen molar-refractivity contribution in [3.63, 3.8) is 0 Å². The minimum Gasteiger partial charge on any atom is -0.370 e. The summed E-state index contributed by atoms with van der Waals surface area (Å²) in [7, 11) is 0. The molecule has 0 atom stereocenters. The second-order valence-corrected chi connectivity index (χ2v) is 6.01. The summed E-state index contributed by atoms with van der Waals surface area (Å²) in [6, 6.07) is 1.94. The molecule has 0 unspecified atom stereocenters. The molecule has 4 nitrogen and oxygen atoms in total. The molecule has 0 N–H and O–H groups in total. The molecule has 0 radical (unpaired) electrons. The molecule has 1 aromatic heterocycles. The van der Waals surface area contributed by atoms with E-state index in [-0.39, 0.29) is 5.78 Å². The number of ketones is 2. The highest BCUT2D eigenvalue weighted by molar-refractivity contribution is 5.94. The van der Waals surface area contributed by atoms with Crippen LogP contribution in [0, 0.1) is 5.92 Å². The van der Waals surface area contributed by atoms with E-state index in [1.807, 2.05) is 12.3 Å². The number of aromatic nitrogens is 1. The third-order valence-electron chi connectivity index (χ3n) is 4.25. The molecule has 2 rings (SSSR count). The van der Waals surface area contributed by atoms with E-state index in [1.165, 1.54) is 0 Å². The molecule has 0 saturated carbocycles. The average Bonchev–Trinajstić information content (AvgIpc) is 2.48. The van der Waals surface area contributed by atoms with Crippen LogP contribution >= 0.6 is 0 Å². The number of pyridine rings is 1. The summed E-state index contributed by atoms with van der Waals surface area (Å²) in [5.41, 5.74) is 1.72. The topological polar surface area (TPSA) is 50.3 Å². The van der Waals surface area contributed by atoms with Gasteiger partial charge in [0.2, 0.25) is 0 Å². The number of rotatable bonds is 6. The first-order valence-corrected chi connectivity index (χ1v) is 7.76. The lowest BCUT2D eigenvalue weighted by atomic mass is 9.91. The van der Waals surface area contributed by atoms with Crippen LogP contribution in [-0.4, -0.2) is 29.6 Å². The van der Waals surface area contributed by atoms with Crippen molar-refractivity contribution in [2.24, 2.45) is 5.92 Å². The van der Waals surface area contributed by atoms with Gasteiger partial charge in [0.05, 0.1) is 11.9 Å². The van der Waals surface area contributed by atoms with Crippen molar-refractivity contribution in [1.82, 2.24) is 4.98 Å². The van der Waals surface area contributed by atoms with E-state index in [9.17, 15) is 9.59 Å². The third kappa shape index (κ3) is 4.66. The van der Waals surface area contributed by atoms with E-state index >= 15 is 0 Å². The first kappa shape index (κ1) is 15.7. The fourth-order valence-corrected chi connectivity index (χ4v) is 2.91. The van der Waals surface area contributed by atoms with E-state index in [2.05, 4.69) is 9.88 Å². The maximum absolute atomic E-state index is 11.4. The fourth-order valence-electron chi connectivity index (χ4n) is 2.91. The molecule has 1 aliphatic rings. The molecule has 0 bridgehead atoms. The predicted molar refractivity (Wildman–Crippen MR) is 83.7 cm³/mol. The average molecular weight is 288 g/mol. The molecule has 1 fully saturated rings. The molecule has 2 heterocycles. The predicted octanol–water partition coefficient (Wildman–Crippen LogP) is 3.26. The highest BCUT2D eigenvalue weighted by atomic mass is 16.1. The van der Waals surface area contributed by atoms with Gasteiger partial charge in [0.25, 0.3) is 0 Å². The molecule has 1 aromatic rings. The Labute approximate surface area is 126 Å². The van der Waals surface area contributed by atoms with Crippen LogP contribution in [0.3, 0.4) is 0 Å². The van der Waals surface area contributed by atoms with E-state index in [1.54, 1.807) is 20.0 Å². The van der Waals surface area contributed by atoms with Gasteiger partial charge in [-0.15, -0.1) is 0 Å². The Hall–Kier alpha value is -1.71. The Morgan fingerprint density at radius 2 is 1.95 bits per heavy atom. The molecule has 1 aliphatic heterocycles. The monoisotopic (exact) mass is 288 g/mol. The summed E-state index contributed by atoms with van der Waals surface area (Å²) in [6.45, 7) is 5.25. The summed E-state index contributed by atoms with van der Waals surface area (Å²) in [6.07, 6.45) is 8.65. The molecular formula is C17H24N2O2. The van der Waals surface area contributed by atoms with Gasteiger partial charge in [-0.3, -0.25) is 9.78 Å². The molecule has 114 valence electrons. The second kappa shape index (κ2) is 7.34. The standard InChI is InChI=1S/C17H24N2O2/c1-13(20)4-3-5-15-6-8-19(9-7-15)17-10-16(14(2)21)11-18-12-17/h10-12,15H,3-9H2,1-2H3. The van der Waals surface area contributed by atoms with Gasteiger partial charge in [0.15, 0.2) is 5.78 Å². The zero-order valence-corrected chi connectivity index (χ0v) is 13.0. The number of nitrogens with zero attached hydrogens (tertiary/aromatic N) is 2. The number of anilines is 1. The number of Topliss-reactive ketones (excluding diaryl/α,β-unsaturated/α-hetero) is 2. The maximum Gasteiger partial charge on any atom is 0.161 e. The van der Waals surface area contributed by atoms with Gasteiger partial charge < -0.3 is 9.69 Å². The molecule has 1 saturated heterocycles. The highest BCUT2D eigenvalue weighted by Gasteiger charge is 2.19. The van der Waals surface area contributed by atoms with Gasteiger partial charge >= 0.3 is 0 Å². The van der Waals surface area contributed by atoms with E-state index in [0.29, 0.717) is 17.8 Å². The summed E-state index contributed by atoms with van der Waals surface area (Å²) < 4.78 is 0. The van der Waals surface area contributed by atoms with Crippen molar-refractivity contribution in [3.05, 3.63) is 24.0 Å². The van der Waals surface area contributed by atoms with Crippen LogP contribution in [0.2, 0.25) is 0 Å². The Morgan fingerprint density at radius 3 is 2.57 bits per heavy atom. The van der Waals surface area contributed by atoms with Crippen LogP contribution in [0.5, 0.6) is 0 Å². The van der Waals surface area contributed by atoms with Crippen LogP contribution in [0.25, 0.3) is 0 Å². The van der Waals surface area contributed by atoms with Crippen LogP contribution in [-0.2, 0) is 4.79 Å². The first-order chi connectivity index (χ1) is 10.1. The van der Waals surface area contributed by atoms with Crippen LogP contribution in [0.15, 0.2) is 18.5 Å². The number of hydrogen-bond acceptors (Lipinski definition) is 4. The molecule has 0 aliphatic carbocycles. The number of carbonyl (C=O) groups excluding carboxylic acids is 2. The quantitative estimate of drug-likeness (QED) is 0.754. The van der Waals surface area contributed by atoms with Crippen molar-refractivity contribution >= 4 is 17.3 Å². The summed E-state index contributed by atoms with van der Waals surface area (Å²) in [5, 5.41) is 0. The molecule has 0 aromatic carbocycles. The maximum atomic E-state index is 11.4. The zero-order valence-electron chi connectivity index (χ0n) is 13.0. The second-order valence-electron chi connectivity index (χ2n) is 6.01. The van der Waals surface area contributed by atoms with Crippen molar-refractivity contribution in [1.29, 1.82) is 0 Å². The van der Waals surface area contributed by atoms with Crippen LogP contribution < -0.4 is 4.90 Å². The number of carbonyl (C=O) groups is 2. The van der Waals surface area contributed by atoms with Gasteiger partial charge in [-0.05, 0) is 51.5 Å². The minimum absolute atomic E-state index is 0.0588. The van der Waals surface area contributed by atoms with E-state index < -0.39 is 0 Å². The smallest absolute Gasteiger partial charge is 0.161 e. The lowest BCUT2D eigenvalue weighted by Crippen LogP contribution is -2.33. The van der Waals surface area contributed by atoms with Gasteiger partial charge in [0, 0.05) is 31.3 Å². The lowest BCUT2D eigenvalue weighted by molar-refractivity contribution is -0.117. The molecule has 4 heteroatoms. The number of hydrogen-bond donors (Lipinski definition) is 0. The Balaban J connectivity index is 1.84. The minimum atomic E-state index is 0.0588. The van der Waals surface area contributed by atoms with Gasteiger partial charge in [0.1, 0.15) is 5.78 Å². The van der Waals surface area contributed by atoms with Gasteiger partial charge in [-0.25, -0.2) is 0 Å². The van der Waals surface area contributed by atoms with Gasteiger partial charge in [-0.2, -0.15) is 0 Å². The molecule has 0 spiro atoms. The van der Waals surface area contributed by atoms with Crippen molar-refractivity contribution in [2.75, 3.05) is 18.0 Å². The summed E-state index contributed by atoms with van der Waals surface area (Å²) >= 11 is 0. The van der Waals surface area contributed by atoms with Crippen molar-refractivity contribution in [2.45, 2.75) is 46.0 Å². The van der Waals surface area contributed by atoms with E-state index in [4.69, 9.17) is 0 Å². The zero-order chi connectivity index (χ0) is 15.2. The largest absolute Gasteiger partial charge is 0.370 e. The highest BCUT2D eigenvalue weighted by Crippen LogP contribution is 2.26. The normalized spacial score (nSPS) is 16.0. The van der Waals surface area contributed by atoms with E-state index in [0.717, 1.165) is 50.4 Å². The molecular weight excluding hydrogens is 264 g/mol. The molecule has 0 amide bonds. The fraction of sp³-hybridized carbons (Fsp3) is 0.588. The first-order valence-electron chi connectivity index (χ1n) is 7.76. The lowest BCUT2D eigenvalue weighted by Gasteiger charge is -2.33.